The zero-order valence-electron chi connectivity index (χ0n) is 13.3. The Bertz CT molecular complexity index is 597. The normalized spacial score (nSPS) is 12.4. The van der Waals surface area contributed by atoms with E-state index in [0.717, 1.165) is 23.3 Å². The van der Waals surface area contributed by atoms with Gasteiger partial charge in [0.15, 0.2) is 0 Å². The number of ether oxygens (including phenoxy) is 1. The molecule has 0 saturated heterocycles. The fraction of sp³-hybridized carbons (Fsp3) is 0.368. The van der Waals surface area contributed by atoms with Crippen molar-refractivity contribution < 1.29 is 9.13 Å². The van der Waals surface area contributed by atoms with Gasteiger partial charge in [0.05, 0.1) is 6.61 Å². The lowest BCUT2D eigenvalue weighted by Gasteiger charge is -2.16. The highest BCUT2D eigenvalue weighted by atomic mass is 19.1. The molecule has 0 spiro atoms. The fourth-order valence-electron chi connectivity index (χ4n) is 2.41. The van der Waals surface area contributed by atoms with Crippen molar-refractivity contribution in [2.24, 2.45) is 11.7 Å². The van der Waals surface area contributed by atoms with E-state index >= 15 is 0 Å². The Morgan fingerprint density at radius 1 is 1.09 bits per heavy atom. The van der Waals surface area contributed by atoms with Crippen LogP contribution in [-0.2, 0) is 6.42 Å². The van der Waals surface area contributed by atoms with Crippen LogP contribution in [0.1, 0.15) is 30.9 Å². The molecule has 0 aliphatic heterocycles. The molecule has 118 valence electrons. The molecule has 22 heavy (non-hydrogen) atoms. The average molecular weight is 301 g/mol. The first-order valence-electron chi connectivity index (χ1n) is 7.75. The second-order valence-corrected chi connectivity index (χ2v) is 6.04. The molecular weight excluding hydrogens is 277 g/mol. The highest BCUT2D eigenvalue weighted by Gasteiger charge is 2.12. The predicted molar refractivity (Wildman–Crippen MR) is 88.7 cm³/mol. The van der Waals surface area contributed by atoms with Crippen molar-refractivity contribution in [3.8, 4) is 5.75 Å². The van der Waals surface area contributed by atoms with Gasteiger partial charge in [-0.15, -0.1) is 0 Å². The monoisotopic (exact) mass is 301 g/mol. The topological polar surface area (TPSA) is 35.2 Å². The summed E-state index contributed by atoms with van der Waals surface area (Å²) in [5, 5.41) is 0. The molecule has 1 unspecified atom stereocenters. The maximum Gasteiger partial charge on any atom is 0.123 e. The van der Waals surface area contributed by atoms with E-state index in [4.69, 9.17) is 10.5 Å². The maximum absolute atomic E-state index is 13.4. The van der Waals surface area contributed by atoms with Crippen LogP contribution >= 0.6 is 0 Å². The summed E-state index contributed by atoms with van der Waals surface area (Å²) in [6.07, 6.45) is 0.777. The van der Waals surface area contributed by atoms with Crippen molar-refractivity contribution in [3.63, 3.8) is 0 Å². The minimum atomic E-state index is -0.218. The van der Waals surface area contributed by atoms with E-state index in [2.05, 4.69) is 19.9 Å². The summed E-state index contributed by atoms with van der Waals surface area (Å²) >= 11 is 0. The SMILES string of the molecule is CC(C)COc1cccc(CC(CN)c2cccc(F)c2)c1. The standard InChI is InChI=1S/C19H24FNO/c1-14(2)13-22-19-8-3-5-15(10-19)9-17(12-21)16-6-4-7-18(20)11-16/h3-8,10-11,14,17H,9,12-13,21H2,1-2H3. The summed E-state index contributed by atoms with van der Waals surface area (Å²) in [7, 11) is 0. The molecule has 0 heterocycles. The molecule has 0 saturated carbocycles. The maximum atomic E-state index is 13.4. The Labute approximate surface area is 132 Å². The van der Waals surface area contributed by atoms with Gasteiger partial charge in [0, 0.05) is 5.92 Å². The average Bonchev–Trinajstić information content (AvgIpc) is 2.51. The molecule has 0 aliphatic carbocycles. The summed E-state index contributed by atoms with van der Waals surface area (Å²) in [6, 6.07) is 14.7. The largest absolute Gasteiger partial charge is 0.493 e. The number of hydrogen-bond donors (Lipinski definition) is 1. The molecule has 0 aromatic heterocycles. The van der Waals surface area contributed by atoms with Crippen LogP contribution in [0.3, 0.4) is 0 Å². The Morgan fingerprint density at radius 3 is 2.55 bits per heavy atom. The lowest BCUT2D eigenvalue weighted by molar-refractivity contribution is 0.271. The highest BCUT2D eigenvalue weighted by Crippen LogP contribution is 2.23. The van der Waals surface area contributed by atoms with E-state index in [1.807, 2.05) is 24.3 Å². The zero-order chi connectivity index (χ0) is 15.9. The van der Waals surface area contributed by atoms with Crippen molar-refractivity contribution in [3.05, 3.63) is 65.5 Å². The first-order valence-corrected chi connectivity index (χ1v) is 7.75. The molecule has 0 bridgehead atoms. The number of halogens is 1. The first-order chi connectivity index (χ1) is 10.6. The quantitative estimate of drug-likeness (QED) is 0.834. The smallest absolute Gasteiger partial charge is 0.123 e. The summed E-state index contributed by atoms with van der Waals surface area (Å²) in [4.78, 5) is 0. The molecule has 3 heteroatoms. The lowest BCUT2D eigenvalue weighted by atomic mass is 9.92. The lowest BCUT2D eigenvalue weighted by Crippen LogP contribution is -2.15. The number of hydrogen-bond acceptors (Lipinski definition) is 2. The van der Waals surface area contributed by atoms with Crippen LogP contribution in [0.5, 0.6) is 5.75 Å². The Hall–Kier alpha value is -1.87. The summed E-state index contributed by atoms with van der Waals surface area (Å²) in [5.41, 5.74) is 7.98. The van der Waals surface area contributed by atoms with Crippen molar-refractivity contribution in [1.29, 1.82) is 0 Å². The molecule has 2 N–H and O–H groups in total. The summed E-state index contributed by atoms with van der Waals surface area (Å²) < 4.78 is 19.1. The molecule has 2 nitrogen and oxygen atoms in total. The second-order valence-electron chi connectivity index (χ2n) is 6.04. The van der Waals surface area contributed by atoms with E-state index in [0.29, 0.717) is 19.1 Å². The molecule has 0 fully saturated rings. The zero-order valence-corrected chi connectivity index (χ0v) is 13.3. The Kier molecular flexibility index (Phi) is 5.96. The van der Waals surface area contributed by atoms with E-state index < -0.39 is 0 Å². The fourth-order valence-corrected chi connectivity index (χ4v) is 2.41. The van der Waals surface area contributed by atoms with Gasteiger partial charge in [-0.25, -0.2) is 4.39 Å². The van der Waals surface area contributed by atoms with Crippen molar-refractivity contribution in [1.82, 2.24) is 0 Å². The number of benzene rings is 2. The van der Waals surface area contributed by atoms with E-state index in [-0.39, 0.29) is 11.7 Å². The van der Waals surface area contributed by atoms with E-state index in [1.54, 1.807) is 12.1 Å². The Morgan fingerprint density at radius 2 is 1.86 bits per heavy atom. The van der Waals surface area contributed by atoms with Crippen LogP contribution in [0.4, 0.5) is 4.39 Å². The summed E-state index contributed by atoms with van der Waals surface area (Å²) in [5.74, 6) is 1.26. The van der Waals surface area contributed by atoms with Crippen molar-refractivity contribution in [2.45, 2.75) is 26.2 Å². The molecule has 2 aromatic carbocycles. The van der Waals surface area contributed by atoms with Gasteiger partial charge in [-0.05, 0) is 54.3 Å². The van der Waals surface area contributed by atoms with Crippen LogP contribution in [0.2, 0.25) is 0 Å². The highest BCUT2D eigenvalue weighted by molar-refractivity contribution is 5.31. The first kappa shape index (κ1) is 16.5. The Balaban J connectivity index is 2.09. The molecule has 0 amide bonds. The van der Waals surface area contributed by atoms with Gasteiger partial charge in [0.2, 0.25) is 0 Å². The second kappa shape index (κ2) is 7.95. The summed E-state index contributed by atoms with van der Waals surface area (Å²) in [6.45, 7) is 5.44. The van der Waals surface area contributed by atoms with Crippen LogP contribution in [-0.4, -0.2) is 13.2 Å². The molecule has 2 rings (SSSR count). The molecule has 0 radical (unpaired) electrons. The molecule has 1 atom stereocenters. The van der Waals surface area contributed by atoms with Crippen LogP contribution in [0, 0.1) is 11.7 Å². The molecule has 2 aromatic rings. The third-order valence-electron chi connectivity index (χ3n) is 3.57. The third kappa shape index (κ3) is 4.85. The molecular formula is C19H24FNO. The van der Waals surface area contributed by atoms with Gasteiger partial charge in [-0.3, -0.25) is 0 Å². The minimum absolute atomic E-state index is 0.107. The number of rotatable bonds is 7. The minimum Gasteiger partial charge on any atom is -0.493 e. The van der Waals surface area contributed by atoms with Crippen molar-refractivity contribution >= 4 is 0 Å². The van der Waals surface area contributed by atoms with Crippen LogP contribution in [0.25, 0.3) is 0 Å². The number of nitrogens with two attached hydrogens (primary N) is 1. The van der Waals surface area contributed by atoms with Gasteiger partial charge in [0.1, 0.15) is 11.6 Å². The van der Waals surface area contributed by atoms with Gasteiger partial charge in [-0.1, -0.05) is 38.1 Å². The van der Waals surface area contributed by atoms with Gasteiger partial charge in [0.25, 0.3) is 0 Å². The van der Waals surface area contributed by atoms with Gasteiger partial charge >= 0.3 is 0 Å². The van der Waals surface area contributed by atoms with E-state index in [9.17, 15) is 4.39 Å². The third-order valence-corrected chi connectivity index (χ3v) is 3.57. The van der Waals surface area contributed by atoms with Crippen LogP contribution in [0.15, 0.2) is 48.5 Å². The molecule has 0 aliphatic rings. The van der Waals surface area contributed by atoms with Crippen LogP contribution < -0.4 is 10.5 Å². The van der Waals surface area contributed by atoms with Gasteiger partial charge in [-0.2, -0.15) is 0 Å². The van der Waals surface area contributed by atoms with E-state index in [1.165, 1.54) is 6.07 Å². The van der Waals surface area contributed by atoms with Gasteiger partial charge < -0.3 is 10.5 Å². The predicted octanol–water partition coefficient (Wildman–Crippen LogP) is 4.15. The van der Waals surface area contributed by atoms with Crippen molar-refractivity contribution in [2.75, 3.05) is 13.2 Å².